The highest BCUT2D eigenvalue weighted by molar-refractivity contribution is 14.0. The Kier molecular flexibility index (Phi) is 6.00. The fraction of sp³-hybridized carbons (Fsp3) is 0.286. The van der Waals surface area contributed by atoms with Crippen molar-refractivity contribution < 1.29 is 0 Å². The third-order valence-electron chi connectivity index (χ3n) is 2.82. The first-order valence-electron chi connectivity index (χ1n) is 6.15. The average Bonchev–Trinajstić information content (AvgIpc) is 2.71. The fourth-order valence-corrected chi connectivity index (χ4v) is 1.94. The van der Waals surface area contributed by atoms with Crippen LogP contribution in [0.15, 0.2) is 35.7 Å². The number of nitrogens with zero attached hydrogens (tertiary/aromatic N) is 3. The van der Waals surface area contributed by atoms with Gasteiger partial charge in [0.25, 0.3) is 0 Å². The molecule has 2 aromatic rings. The molecule has 1 heterocycles. The molecule has 0 bridgehead atoms. The topological polar surface area (TPSA) is 68.2 Å². The van der Waals surface area contributed by atoms with Crippen LogP contribution in [0.1, 0.15) is 16.8 Å². The van der Waals surface area contributed by atoms with E-state index < -0.39 is 0 Å². The lowest BCUT2D eigenvalue weighted by atomic mass is 10.1. The number of halogens is 1. The number of aromatic nitrogens is 2. The Morgan fingerprint density at radius 3 is 2.50 bits per heavy atom. The summed E-state index contributed by atoms with van der Waals surface area (Å²) in [4.78, 5) is 8.34. The number of imidazole rings is 1. The summed E-state index contributed by atoms with van der Waals surface area (Å²) < 4.78 is 1.92. The fourth-order valence-electron chi connectivity index (χ4n) is 1.94. The largest absolute Gasteiger partial charge is 0.370 e. The summed E-state index contributed by atoms with van der Waals surface area (Å²) in [6, 6.07) is 6.20. The minimum absolute atomic E-state index is 0. The van der Waals surface area contributed by atoms with Gasteiger partial charge in [-0.25, -0.2) is 9.98 Å². The molecule has 1 aromatic carbocycles. The third-order valence-corrected chi connectivity index (χ3v) is 2.82. The molecule has 20 heavy (non-hydrogen) atoms. The van der Waals surface area contributed by atoms with E-state index in [0.717, 1.165) is 11.4 Å². The highest BCUT2D eigenvalue weighted by atomic mass is 127. The van der Waals surface area contributed by atoms with Gasteiger partial charge in [0.1, 0.15) is 0 Å². The van der Waals surface area contributed by atoms with Gasteiger partial charge in [0.05, 0.1) is 24.8 Å². The molecule has 2 rings (SSSR count). The van der Waals surface area contributed by atoms with Crippen molar-refractivity contribution in [1.82, 2.24) is 9.55 Å². The predicted molar refractivity (Wildman–Crippen MR) is 93.5 cm³/mol. The molecule has 0 saturated heterocycles. The van der Waals surface area contributed by atoms with Gasteiger partial charge >= 0.3 is 0 Å². The summed E-state index contributed by atoms with van der Waals surface area (Å²) in [5.74, 6) is 0.409. The highest BCUT2D eigenvalue weighted by Crippen LogP contribution is 2.13. The molecule has 0 aliphatic carbocycles. The Balaban J connectivity index is 0.00000200. The molecule has 0 aliphatic heterocycles. The molecule has 5 nitrogen and oxygen atoms in total. The maximum Gasteiger partial charge on any atom is 0.193 e. The average molecular weight is 385 g/mol. The van der Waals surface area contributed by atoms with Crippen molar-refractivity contribution in [2.45, 2.75) is 20.4 Å². The van der Waals surface area contributed by atoms with Crippen LogP contribution in [-0.4, -0.2) is 15.5 Å². The van der Waals surface area contributed by atoms with Gasteiger partial charge in [0, 0.05) is 12.7 Å². The van der Waals surface area contributed by atoms with Gasteiger partial charge in [-0.05, 0) is 37.1 Å². The summed E-state index contributed by atoms with van der Waals surface area (Å²) in [5, 5.41) is 3.10. The van der Waals surface area contributed by atoms with Crippen LogP contribution in [0.5, 0.6) is 0 Å². The molecular weight excluding hydrogens is 365 g/mol. The number of hydrogen-bond donors (Lipinski definition) is 2. The second kappa shape index (κ2) is 7.28. The molecular formula is C14H20IN5. The number of nitrogens with one attached hydrogen (secondary N) is 1. The maximum atomic E-state index is 5.88. The van der Waals surface area contributed by atoms with E-state index in [-0.39, 0.29) is 24.0 Å². The summed E-state index contributed by atoms with van der Waals surface area (Å²) in [6.07, 6.45) is 3.53. The Morgan fingerprint density at radius 1 is 1.30 bits per heavy atom. The van der Waals surface area contributed by atoms with Crippen molar-refractivity contribution in [2.75, 3.05) is 5.32 Å². The highest BCUT2D eigenvalue weighted by Gasteiger charge is 1.99. The number of rotatable bonds is 3. The summed E-state index contributed by atoms with van der Waals surface area (Å²) in [7, 11) is 1.94. The number of benzene rings is 1. The van der Waals surface area contributed by atoms with Gasteiger partial charge in [-0.1, -0.05) is 6.07 Å². The van der Waals surface area contributed by atoms with Gasteiger partial charge in [0.15, 0.2) is 5.96 Å². The first kappa shape index (κ1) is 16.5. The van der Waals surface area contributed by atoms with E-state index in [0.29, 0.717) is 12.5 Å². The Labute approximate surface area is 136 Å². The summed E-state index contributed by atoms with van der Waals surface area (Å²) in [6.45, 7) is 4.63. The van der Waals surface area contributed by atoms with Crippen LogP contribution in [0.2, 0.25) is 0 Å². The Bertz CT molecular complexity index is 583. The zero-order valence-electron chi connectivity index (χ0n) is 11.9. The molecule has 6 heteroatoms. The molecule has 0 spiro atoms. The van der Waals surface area contributed by atoms with Crippen molar-refractivity contribution in [3.63, 3.8) is 0 Å². The molecule has 0 unspecified atom stereocenters. The number of nitrogens with two attached hydrogens (primary N) is 1. The number of aryl methyl sites for hydroxylation is 3. The normalized spacial score (nSPS) is 11.1. The standard InChI is InChI=1S/C14H19N5.HI/c1-10-4-11(2)6-12(5-10)18-14(15)17-8-13-7-16-9-19(13)3;/h4-7,9H,8H2,1-3H3,(H3,15,17,18);1H. The van der Waals surface area contributed by atoms with Crippen molar-refractivity contribution >= 4 is 35.6 Å². The van der Waals surface area contributed by atoms with Gasteiger partial charge in [-0.15, -0.1) is 24.0 Å². The zero-order valence-corrected chi connectivity index (χ0v) is 14.3. The van der Waals surface area contributed by atoms with Crippen LogP contribution in [-0.2, 0) is 13.6 Å². The number of hydrogen-bond acceptors (Lipinski definition) is 2. The van der Waals surface area contributed by atoms with Gasteiger partial charge in [0.2, 0.25) is 0 Å². The van der Waals surface area contributed by atoms with E-state index >= 15 is 0 Å². The molecule has 0 amide bonds. The summed E-state index contributed by atoms with van der Waals surface area (Å²) >= 11 is 0. The van der Waals surface area contributed by atoms with Crippen LogP contribution in [0.3, 0.4) is 0 Å². The monoisotopic (exact) mass is 385 g/mol. The predicted octanol–water partition coefficient (Wildman–Crippen LogP) is 2.58. The number of anilines is 1. The van der Waals surface area contributed by atoms with Crippen molar-refractivity contribution in [2.24, 2.45) is 17.8 Å². The van der Waals surface area contributed by atoms with Crippen LogP contribution < -0.4 is 11.1 Å². The smallest absolute Gasteiger partial charge is 0.193 e. The zero-order chi connectivity index (χ0) is 13.8. The Hall–Kier alpha value is -1.57. The SMILES string of the molecule is Cc1cc(C)cc(NC(N)=NCc2cncn2C)c1.I. The lowest BCUT2D eigenvalue weighted by molar-refractivity contribution is 0.820. The Morgan fingerprint density at radius 2 is 1.95 bits per heavy atom. The number of aliphatic imine (C=N–C) groups is 1. The van der Waals surface area contributed by atoms with Crippen LogP contribution >= 0.6 is 24.0 Å². The van der Waals surface area contributed by atoms with E-state index in [1.807, 2.05) is 23.7 Å². The van der Waals surface area contributed by atoms with Gasteiger partial charge in [-0.2, -0.15) is 0 Å². The molecule has 108 valence electrons. The van der Waals surface area contributed by atoms with E-state index in [1.54, 1.807) is 12.5 Å². The third kappa shape index (κ3) is 4.52. The second-order valence-electron chi connectivity index (χ2n) is 4.70. The van der Waals surface area contributed by atoms with E-state index in [4.69, 9.17) is 5.73 Å². The minimum atomic E-state index is 0. The van der Waals surface area contributed by atoms with Gasteiger partial charge in [-0.3, -0.25) is 0 Å². The van der Waals surface area contributed by atoms with Crippen LogP contribution in [0.25, 0.3) is 0 Å². The molecule has 0 saturated carbocycles. The van der Waals surface area contributed by atoms with E-state index in [1.165, 1.54) is 11.1 Å². The van der Waals surface area contributed by atoms with Crippen molar-refractivity contribution in [1.29, 1.82) is 0 Å². The van der Waals surface area contributed by atoms with Gasteiger partial charge < -0.3 is 15.6 Å². The van der Waals surface area contributed by atoms with E-state index in [2.05, 4.69) is 35.2 Å². The summed E-state index contributed by atoms with van der Waals surface area (Å²) in [5.41, 5.74) is 10.3. The molecule has 0 fully saturated rings. The quantitative estimate of drug-likeness (QED) is 0.485. The molecule has 0 atom stereocenters. The molecule has 0 aliphatic rings. The lowest BCUT2D eigenvalue weighted by Crippen LogP contribution is -2.22. The first-order chi connectivity index (χ1) is 9.04. The minimum Gasteiger partial charge on any atom is -0.370 e. The first-order valence-corrected chi connectivity index (χ1v) is 6.15. The lowest BCUT2D eigenvalue weighted by Gasteiger charge is -2.08. The number of guanidine groups is 1. The van der Waals surface area contributed by atoms with Crippen LogP contribution in [0.4, 0.5) is 5.69 Å². The molecule has 0 radical (unpaired) electrons. The molecule has 1 aromatic heterocycles. The molecule has 3 N–H and O–H groups in total. The van der Waals surface area contributed by atoms with E-state index in [9.17, 15) is 0 Å². The van der Waals surface area contributed by atoms with Crippen molar-refractivity contribution in [3.8, 4) is 0 Å². The van der Waals surface area contributed by atoms with Crippen LogP contribution in [0, 0.1) is 13.8 Å². The second-order valence-corrected chi connectivity index (χ2v) is 4.70. The van der Waals surface area contributed by atoms with Crippen molar-refractivity contribution in [3.05, 3.63) is 47.5 Å². The maximum absolute atomic E-state index is 5.88.